The Morgan fingerprint density at radius 2 is 2.00 bits per heavy atom. The summed E-state index contributed by atoms with van der Waals surface area (Å²) in [7, 11) is 0. The summed E-state index contributed by atoms with van der Waals surface area (Å²) in [4.78, 5) is 11.0. The highest BCUT2D eigenvalue weighted by atomic mass is 16.5. The first kappa shape index (κ1) is 13.6. The molecule has 3 nitrogen and oxygen atoms in total. The highest BCUT2D eigenvalue weighted by Gasteiger charge is 2.01. The molecule has 0 atom stereocenters. The van der Waals surface area contributed by atoms with Gasteiger partial charge in [0.1, 0.15) is 5.75 Å². The van der Waals surface area contributed by atoms with Crippen molar-refractivity contribution in [2.24, 2.45) is 5.73 Å². The monoisotopic (exact) mass is 235 g/mol. The Kier molecular flexibility index (Phi) is 6.15. The summed E-state index contributed by atoms with van der Waals surface area (Å²) < 4.78 is 5.57. The van der Waals surface area contributed by atoms with E-state index >= 15 is 0 Å². The van der Waals surface area contributed by atoms with Crippen LogP contribution in [-0.4, -0.2) is 12.5 Å². The second-order valence-corrected chi connectivity index (χ2v) is 4.15. The Hall–Kier alpha value is -1.51. The van der Waals surface area contributed by atoms with Crippen LogP contribution in [-0.2, 0) is 0 Å². The van der Waals surface area contributed by atoms with Crippen LogP contribution in [0.3, 0.4) is 0 Å². The summed E-state index contributed by atoms with van der Waals surface area (Å²) in [5.74, 6) is 0.301. The summed E-state index contributed by atoms with van der Waals surface area (Å²) in [5.41, 5.74) is 5.69. The van der Waals surface area contributed by atoms with Crippen LogP contribution >= 0.6 is 0 Å². The van der Waals surface area contributed by atoms with Crippen molar-refractivity contribution in [2.45, 2.75) is 39.0 Å². The quantitative estimate of drug-likeness (QED) is 0.704. The van der Waals surface area contributed by atoms with E-state index in [1.807, 2.05) is 6.07 Å². The van der Waals surface area contributed by atoms with Gasteiger partial charge in [-0.3, -0.25) is 4.79 Å². The predicted octanol–water partition coefficient (Wildman–Crippen LogP) is 3.13. The molecule has 0 spiro atoms. The van der Waals surface area contributed by atoms with Gasteiger partial charge in [-0.25, -0.2) is 0 Å². The Labute approximate surface area is 103 Å². The molecule has 1 aromatic carbocycles. The SMILES string of the molecule is CCCCCCCOc1cccc(C(N)=O)c1. The van der Waals surface area contributed by atoms with E-state index in [2.05, 4.69) is 6.92 Å². The Morgan fingerprint density at radius 3 is 2.71 bits per heavy atom. The zero-order valence-corrected chi connectivity index (χ0v) is 10.4. The van der Waals surface area contributed by atoms with Gasteiger partial charge in [0.25, 0.3) is 0 Å². The smallest absolute Gasteiger partial charge is 0.248 e. The molecule has 0 aliphatic carbocycles. The molecule has 94 valence electrons. The van der Waals surface area contributed by atoms with Crippen molar-refractivity contribution in [3.63, 3.8) is 0 Å². The molecule has 0 aliphatic heterocycles. The number of primary amides is 1. The fraction of sp³-hybridized carbons (Fsp3) is 0.500. The third-order valence-electron chi connectivity index (χ3n) is 2.64. The molecule has 0 aromatic heterocycles. The maximum absolute atomic E-state index is 11.0. The van der Waals surface area contributed by atoms with E-state index in [1.54, 1.807) is 18.2 Å². The maximum atomic E-state index is 11.0. The fourth-order valence-electron chi connectivity index (χ4n) is 1.63. The van der Waals surface area contributed by atoms with Crippen molar-refractivity contribution in [3.8, 4) is 5.75 Å². The Bertz CT molecular complexity index is 350. The second-order valence-electron chi connectivity index (χ2n) is 4.15. The summed E-state index contributed by atoms with van der Waals surface area (Å²) in [6, 6.07) is 7.01. The van der Waals surface area contributed by atoms with E-state index in [4.69, 9.17) is 10.5 Å². The van der Waals surface area contributed by atoms with Gasteiger partial charge in [0, 0.05) is 5.56 Å². The van der Waals surface area contributed by atoms with Crippen molar-refractivity contribution < 1.29 is 9.53 Å². The first-order chi connectivity index (χ1) is 8.24. The normalized spacial score (nSPS) is 10.2. The van der Waals surface area contributed by atoms with Gasteiger partial charge < -0.3 is 10.5 Å². The Balaban J connectivity index is 2.27. The average molecular weight is 235 g/mol. The molecule has 0 saturated carbocycles. The summed E-state index contributed by atoms with van der Waals surface area (Å²) in [6.07, 6.45) is 6.06. The lowest BCUT2D eigenvalue weighted by atomic mass is 10.2. The molecule has 1 amide bonds. The van der Waals surface area contributed by atoms with Crippen LogP contribution in [0.2, 0.25) is 0 Å². The number of carbonyl (C=O) groups excluding carboxylic acids is 1. The number of nitrogens with two attached hydrogens (primary N) is 1. The van der Waals surface area contributed by atoms with E-state index in [1.165, 1.54) is 25.7 Å². The number of benzene rings is 1. The van der Waals surface area contributed by atoms with Crippen LogP contribution < -0.4 is 10.5 Å². The van der Waals surface area contributed by atoms with Crippen molar-refractivity contribution in [1.82, 2.24) is 0 Å². The molecular weight excluding hydrogens is 214 g/mol. The summed E-state index contributed by atoms with van der Waals surface area (Å²) in [6.45, 7) is 2.90. The molecule has 0 bridgehead atoms. The lowest BCUT2D eigenvalue weighted by Crippen LogP contribution is -2.10. The molecule has 0 saturated heterocycles. The minimum atomic E-state index is -0.418. The van der Waals surface area contributed by atoms with Crippen LogP contribution in [0.1, 0.15) is 49.4 Å². The largest absolute Gasteiger partial charge is 0.494 e. The molecule has 0 aliphatic rings. The van der Waals surface area contributed by atoms with Crippen LogP contribution in [0.4, 0.5) is 0 Å². The van der Waals surface area contributed by atoms with Gasteiger partial charge in [0.15, 0.2) is 0 Å². The van der Waals surface area contributed by atoms with E-state index in [9.17, 15) is 4.79 Å². The molecule has 0 fully saturated rings. The minimum absolute atomic E-state index is 0.418. The zero-order valence-electron chi connectivity index (χ0n) is 10.4. The van der Waals surface area contributed by atoms with Crippen LogP contribution in [0.25, 0.3) is 0 Å². The minimum Gasteiger partial charge on any atom is -0.494 e. The Morgan fingerprint density at radius 1 is 1.24 bits per heavy atom. The highest BCUT2D eigenvalue weighted by molar-refractivity contribution is 5.93. The van der Waals surface area contributed by atoms with Gasteiger partial charge in [-0.1, -0.05) is 38.7 Å². The summed E-state index contributed by atoms with van der Waals surface area (Å²) in [5, 5.41) is 0. The number of unbranched alkanes of at least 4 members (excludes halogenated alkanes) is 4. The van der Waals surface area contributed by atoms with Gasteiger partial charge in [-0.15, -0.1) is 0 Å². The van der Waals surface area contributed by atoms with Crippen molar-refractivity contribution >= 4 is 5.91 Å². The lowest BCUT2D eigenvalue weighted by Gasteiger charge is -2.06. The number of carbonyl (C=O) groups is 1. The highest BCUT2D eigenvalue weighted by Crippen LogP contribution is 2.13. The van der Waals surface area contributed by atoms with Gasteiger partial charge in [0.2, 0.25) is 5.91 Å². The number of hydrogen-bond donors (Lipinski definition) is 1. The average Bonchev–Trinajstić information content (AvgIpc) is 2.34. The first-order valence-electron chi connectivity index (χ1n) is 6.26. The van der Waals surface area contributed by atoms with Crippen molar-refractivity contribution in [3.05, 3.63) is 29.8 Å². The first-order valence-corrected chi connectivity index (χ1v) is 6.26. The third kappa shape index (κ3) is 5.38. The third-order valence-corrected chi connectivity index (χ3v) is 2.64. The van der Waals surface area contributed by atoms with E-state index < -0.39 is 5.91 Å². The second kappa shape index (κ2) is 7.71. The fourth-order valence-corrected chi connectivity index (χ4v) is 1.63. The zero-order chi connectivity index (χ0) is 12.5. The number of hydrogen-bond acceptors (Lipinski definition) is 2. The molecule has 0 unspecified atom stereocenters. The maximum Gasteiger partial charge on any atom is 0.248 e. The molecule has 1 rings (SSSR count). The molecule has 2 N–H and O–H groups in total. The standard InChI is InChI=1S/C14H21NO2/c1-2-3-4-5-6-10-17-13-9-7-8-12(11-13)14(15)16/h7-9,11H,2-6,10H2,1H3,(H2,15,16). The van der Waals surface area contributed by atoms with E-state index in [-0.39, 0.29) is 0 Å². The van der Waals surface area contributed by atoms with Gasteiger partial charge in [-0.2, -0.15) is 0 Å². The molecule has 0 radical (unpaired) electrons. The van der Waals surface area contributed by atoms with Crippen LogP contribution in [0.5, 0.6) is 5.75 Å². The van der Waals surface area contributed by atoms with Crippen molar-refractivity contribution in [1.29, 1.82) is 0 Å². The molecular formula is C14H21NO2. The molecule has 1 aromatic rings. The van der Waals surface area contributed by atoms with E-state index in [0.29, 0.717) is 12.2 Å². The summed E-state index contributed by atoms with van der Waals surface area (Å²) >= 11 is 0. The van der Waals surface area contributed by atoms with Crippen molar-refractivity contribution in [2.75, 3.05) is 6.61 Å². The lowest BCUT2D eigenvalue weighted by molar-refractivity contribution is 0.1000. The van der Waals surface area contributed by atoms with Gasteiger partial charge in [-0.05, 0) is 24.6 Å². The topological polar surface area (TPSA) is 52.3 Å². The number of ether oxygens (including phenoxy) is 1. The molecule has 17 heavy (non-hydrogen) atoms. The van der Waals surface area contributed by atoms with E-state index in [0.717, 1.165) is 12.2 Å². The number of amides is 1. The number of rotatable bonds is 8. The van der Waals surface area contributed by atoms with Crippen LogP contribution in [0.15, 0.2) is 24.3 Å². The van der Waals surface area contributed by atoms with Gasteiger partial charge >= 0.3 is 0 Å². The van der Waals surface area contributed by atoms with Gasteiger partial charge in [0.05, 0.1) is 6.61 Å². The predicted molar refractivity (Wildman–Crippen MR) is 69.2 cm³/mol. The van der Waals surface area contributed by atoms with Crippen LogP contribution in [0, 0.1) is 0 Å². The molecule has 3 heteroatoms. The molecule has 0 heterocycles.